The van der Waals surface area contributed by atoms with Gasteiger partial charge in [0.15, 0.2) is 5.96 Å². The number of rotatable bonds is 16. The number of hydrogen-bond donors (Lipinski definition) is 6. The molecule has 13 nitrogen and oxygen atoms in total. The number of para-hydroxylation sites is 1. The molecule has 4 amide bonds. The predicted molar refractivity (Wildman–Crippen MR) is 189 cm³/mol. The van der Waals surface area contributed by atoms with E-state index in [9.17, 15) is 19.2 Å². The molecule has 264 valence electrons. The third-order valence-corrected chi connectivity index (χ3v) is 8.40. The first-order valence-corrected chi connectivity index (χ1v) is 17.1. The highest BCUT2D eigenvalue weighted by Gasteiger charge is 2.32. The molecule has 1 saturated heterocycles. The smallest absolute Gasteiger partial charge is 0.407 e. The lowest BCUT2D eigenvalue weighted by atomic mass is 10.0. The fourth-order valence-electron chi connectivity index (χ4n) is 5.86. The van der Waals surface area contributed by atoms with Crippen LogP contribution < -0.4 is 27.4 Å². The number of guanidine groups is 1. The number of nitrogens with two attached hydrogens (primary N) is 2. The van der Waals surface area contributed by atoms with E-state index in [0.717, 1.165) is 41.3 Å². The highest BCUT2D eigenvalue weighted by molar-refractivity contribution is 5.95. The number of H-pyrrole nitrogens is 1. The Morgan fingerprint density at radius 2 is 1.53 bits per heavy atom. The number of aliphatic imine (C=N–C) groups is 1. The summed E-state index contributed by atoms with van der Waals surface area (Å²) >= 11 is 0. The Kier molecular flexibility index (Phi) is 13.9. The van der Waals surface area contributed by atoms with Crippen LogP contribution in [-0.4, -0.2) is 84.0 Å². The minimum absolute atomic E-state index is 0.0788. The van der Waals surface area contributed by atoms with Crippen LogP contribution in [0.15, 0.2) is 65.8 Å². The number of fused-ring (bicyclic) bond motifs is 1. The van der Waals surface area contributed by atoms with Crippen molar-refractivity contribution in [2.24, 2.45) is 22.4 Å². The number of alkyl carbamates (subject to hydrolysis) is 1. The average Bonchev–Trinajstić information content (AvgIpc) is 3.51. The second-order valence-electron chi connectivity index (χ2n) is 12.9. The number of nitrogens with one attached hydrogen (secondary N) is 4. The van der Waals surface area contributed by atoms with E-state index < -0.39 is 36.0 Å². The molecule has 0 saturated carbocycles. The molecular weight excluding hydrogens is 624 g/mol. The van der Waals surface area contributed by atoms with Crippen molar-refractivity contribution in [2.75, 3.05) is 26.2 Å². The van der Waals surface area contributed by atoms with Crippen LogP contribution in [0.25, 0.3) is 10.9 Å². The number of aromatic nitrogens is 1. The van der Waals surface area contributed by atoms with E-state index in [-0.39, 0.29) is 43.8 Å². The minimum Gasteiger partial charge on any atom is -0.449 e. The summed E-state index contributed by atoms with van der Waals surface area (Å²) in [6, 6.07) is 14.3. The molecule has 1 aliphatic rings. The first-order valence-electron chi connectivity index (χ1n) is 17.1. The van der Waals surface area contributed by atoms with Gasteiger partial charge in [-0.3, -0.25) is 19.4 Å². The Balaban J connectivity index is 1.59. The normalized spacial score (nSPS) is 14.8. The molecule has 49 heavy (non-hydrogen) atoms. The number of likely N-dealkylation sites (tertiary alicyclic amines) is 1. The van der Waals surface area contributed by atoms with Gasteiger partial charge in [0.1, 0.15) is 18.1 Å². The van der Waals surface area contributed by atoms with Crippen LogP contribution in [0.3, 0.4) is 0 Å². The summed E-state index contributed by atoms with van der Waals surface area (Å²) in [5, 5.41) is 9.43. The Morgan fingerprint density at radius 1 is 0.857 bits per heavy atom. The summed E-state index contributed by atoms with van der Waals surface area (Å²) in [4.78, 5) is 63.6. The van der Waals surface area contributed by atoms with E-state index in [2.05, 4.69) is 25.9 Å². The van der Waals surface area contributed by atoms with Crippen LogP contribution in [0.1, 0.15) is 57.1 Å². The van der Waals surface area contributed by atoms with Crippen LogP contribution in [0, 0.1) is 5.92 Å². The molecule has 0 bridgehead atoms. The van der Waals surface area contributed by atoms with Gasteiger partial charge in [0.2, 0.25) is 17.7 Å². The van der Waals surface area contributed by atoms with Gasteiger partial charge in [-0.25, -0.2) is 4.79 Å². The molecule has 0 aliphatic carbocycles. The zero-order valence-corrected chi connectivity index (χ0v) is 28.5. The molecule has 13 heteroatoms. The Hall–Kier alpha value is -5.07. The van der Waals surface area contributed by atoms with E-state index in [1.165, 1.54) is 0 Å². The minimum atomic E-state index is -1.08. The average molecular weight is 675 g/mol. The Morgan fingerprint density at radius 3 is 2.24 bits per heavy atom. The van der Waals surface area contributed by atoms with Crippen LogP contribution in [0.4, 0.5) is 4.79 Å². The third-order valence-electron chi connectivity index (χ3n) is 8.40. The predicted octanol–water partition coefficient (Wildman–Crippen LogP) is 2.74. The van der Waals surface area contributed by atoms with Crippen LogP contribution >= 0.6 is 0 Å². The van der Waals surface area contributed by atoms with Crippen LogP contribution in [-0.2, 0) is 32.0 Å². The summed E-state index contributed by atoms with van der Waals surface area (Å²) in [7, 11) is 0. The molecular formula is C36H50N8O5. The summed E-state index contributed by atoms with van der Waals surface area (Å²) in [6.07, 6.45) is 4.94. The van der Waals surface area contributed by atoms with Crippen molar-refractivity contribution in [1.82, 2.24) is 25.8 Å². The van der Waals surface area contributed by atoms with Crippen molar-refractivity contribution >= 4 is 40.7 Å². The second-order valence-corrected chi connectivity index (χ2v) is 12.9. The number of aromatic amines is 1. The number of ether oxygens (including phenoxy) is 1. The number of amides is 4. The monoisotopic (exact) mass is 674 g/mol. The van der Waals surface area contributed by atoms with Crippen LogP contribution in [0.5, 0.6) is 0 Å². The topological polar surface area (TPSA) is 197 Å². The van der Waals surface area contributed by atoms with E-state index in [1.54, 1.807) is 0 Å². The lowest BCUT2D eigenvalue weighted by Crippen LogP contribution is -2.58. The van der Waals surface area contributed by atoms with Gasteiger partial charge in [0, 0.05) is 49.6 Å². The van der Waals surface area contributed by atoms with Gasteiger partial charge in [-0.15, -0.1) is 0 Å². The van der Waals surface area contributed by atoms with Gasteiger partial charge in [-0.05, 0) is 55.2 Å². The number of hydrogen-bond acceptors (Lipinski definition) is 6. The molecule has 1 aromatic heterocycles. The van der Waals surface area contributed by atoms with Gasteiger partial charge in [0.05, 0.1) is 6.61 Å². The maximum absolute atomic E-state index is 14.2. The number of carbonyl (C=O) groups excluding carboxylic acids is 4. The summed E-state index contributed by atoms with van der Waals surface area (Å²) < 4.78 is 5.28. The number of carbonyl (C=O) groups is 4. The van der Waals surface area contributed by atoms with E-state index in [0.29, 0.717) is 25.9 Å². The number of piperidine rings is 1. The van der Waals surface area contributed by atoms with E-state index >= 15 is 0 Å². The molecule has 3 aromatic rings. The first kappa shape index (κ1) is 36.8. The molecule has 0 unspecified atom stereocenters. The molecule has 8 N–H and O–H groups in total. The van der Waals surface area contributed by atoms with Crippen molar-refractivity contribution in [1.29, 1.82) is 0 Å². The van der Waals surface area contributed by atoms with Crippen molar-refractivity contribution < 1.29 is 23.9 Å². The Bertz CT molecular complexity index is 1560. The lowest BCUT2D eigenvalue weighted by molar-refractivity contribution is -0.138. The molecule has 0 spiro atoms. The lowest BCUT2D eigenvalue weighted by Gasteiger charge is -2.32. The van der Waals surface area contributed by atoms with Crippen LogP contribution in [0.2, 0.25) is 0 Å². The summed E-state index contributed by atoms with van der Waals surface area (Å²) in [6.45, 7) is 5.50. The van der Waals surface area contributed by atoms with Crippen molar-refractivity contribution in [2.45, 2.75) is 76.9 Å². The SMILES string of the molecule is CC(C)COC(=O)N[C@@H](CCCN=C(N)N)C(=O)N[C@@H](Cc1c[nH]c2ccccc12)C(=O)N[C@@H](Cc1ccccc1)C(=O)N1CCCCC1. The summed E-state index contributed by atoms with van der Waals surface area (Å²) in [5.74, 6) is -1.22. The maximum atomic E-state index is 14.2. The second kappa shape index (κ2) is 18.5. The highest BCUT2D eigenvalue weighted by atomic mass is 16.5. The van der Waals surface area contributed by atoms with Gasteiger partial charge in [-0.1, -0.05) is 62.4 Å². The van der Waals surface area contributed by atoms with E-state index in [4.69, 9.17) is 16.2 Å². The zero-order chi connectivity index (χ0) is 35.2. The van der Waals surface area contributed by atoms with Gasteiger partial charge in [0.25, 0.3) is 0 Å². The molecule has 0 radical (unpaired) electrons. The first-order chi connectivity index (χ1) is 23.6. The quantitative estimate of drug-likeness (QED) is 0.0763. The fraction of sp³-hybridized carbons (Fsp3) is 0.472. The fourth-order valence-corrected chi connectivity index (χ4v) is 5.86. The molecule has 4 rings (SSSR count). The largest absolute Gasteiger partial charge is 0.449 e. The van der Waals surface area contributed by atoms with Gasteiger partial charge >= 0.3 is 6.09 Å². The zero-order valence-electron chi connectivity index (χ0n) is 28.5. The maximum Gasteiger partial charge on any atom is 0.407 e. The van der Waals surface area contributed by atoms with E-state index in [1.807, 2.05) is 79.5 Å². The Labute approximate surface area is 287 Å². The van der Waals surface area contributed by atoms with Gasteiger partial charge < -0.3 is 42.0 Å². The van der Waals surface area contributed by atoms with Crippen molar-refractivity contribution in [3.05, 3.63) is 71.9 Å². The summed E-state index contributed by atoms with van der Waals surface area (Å²) in [5.41, 5.74) is 13.5. The molecule has 3 atom stereocenters. The third kappa shape index (κ3) is 11.5. The standard InChI is InChI=1S/C36H50N8O5/c1-24(2)23-49-36(48)43-29(16-11-17-39-35(37)38)32(45)41-30(21-26-22-40-28-15-8-7-14-27(26)28)33(46)42-31(20-25-12-5-3-6-13-25)34(47)44-18-9-4-10-19-44/h3,5-8,12-15,22,24,29-31,40H,4,9-11,16-21,23H2,1-2H3,(H,41,45)(H,42,46)(H,43,48)(H4,37,38,39)/t29-,30-,31-/m0/s1. The van der Waals surface area contributed by atoms with Crippen molar-refractivity contribution in [3.63, 3.8) is 0 Å². The number of benzene rings is 2. The molecule has 1 aliphatic heterocycles. The molecule has 2 heterocycles. The number of nitrogens with zero attached hydrogens (tertiary/aromatic N) is 2. The van der Waals surface area contributed by atoms with Crippen molar-refractivity contribution in [3.8, 4) is 0 Å². The van der Waals surface area contributed by atoms with Gasteiger partial charge in [-0.2, -0.15) is 0 Å². The molecule has 2 aromatic carbocycles. The molecule has 1 fully saturated rings. The highest BCUT2D eigenvalue weighted by Crippen LogP contribution is 2.20.